The zero-order valence-corrected chi connectivity index (χ0v) is 9.47. The van der Waals surface area contributed by atoms with Gasteiger partial charge in [0, 0.05) is 7.05 Å². The van der Waals surface area contributed by atoms with Gasteiger partial charge in [-0.3, -0.25) is 0 Å². The molecule has 8 nitrogen and oxygen atoms in total. The molecular weight excluding hydrogens is 230 g/mol. The maximum atomic E-state index is 5.50. The van der Waals surface area contributed by atoms with Crippen molar-refractivity contribution in [3.8, 4) is 6.01 Å². The first-order valence-corrected chi connectivity index (χ1v) is 5.08. The molecule has 0 saturated carbocycles. The fourth-order valence-electron chi connectivity index (χ4n) is 0.949. The van der Waals surface area contributed by atoms with Crippen LogP contribution >= 0.6 is 11.8 Å². The van der Waals surface area contributed by atoms with E-state index in [1.165, 1.54) is 25.2 Å². The Balaban J connectivity index is 2.28. The highest BCUT2D eigenvalue weighted by molar-refractivity contribution is 7.99. The third-order valence-electron chi connectivity index (χ3n) is 1.65. The Morgan fingerprint density at radius 2 is 2.19 bits per heavy atom. The molecule has 84 valence electrons. The lowest BCUT2D eigenvalue weighted by Gasteiger charge is -2.02. The van der Waals surface area contributed by atoms with Gasteiger partial charge in [0.25, 0.3) is 0 Å². The summed E-state index contributed by atoms with van der Waals surface area (Å²) in [4.78, 5) is 15.8. The minimum absolute atomic E-state index is 0.108. The minimum atomic E-state index is 0.108. The Labute approximate surface area is 95.3 Å². The van der Waals surface area contributed by atoms with E-state index in [4.69, 9.17) is 10.5 Å². The van der Waals surface area contributed by atoms with Crippen LogP contribution in [0.5, 0.6) is 6.01 Å². The second-order valence-corrected chi connectivity index (χ2v) is 3.67. The van der Waals surface area contributed by atoms with E-state index in [2.05, 4.69) is 25.0 Å². The van der Waals surface area contributed by atoms with Gasteiger partial charge in [0.2, 0.25) is 11.1 Å². The van der Waals surface area contributed by atoms with E-state index in [-0.39, 0.29) is 12.0 Å². The van der Waals surface area contributed by atoms with Gasteiger partial charge < -0.3 is 10.5 Å². The predicted molar refractivity (Wildman–Crippen MR) is 55.9 cm³/mol. The monoisotopic (exact) mass is 239 g/mol. The SMILES string of the molecule is COc1nc(N)nc(Sc2ncnn2C)n1. The number of aryl methyl sites for hydroxylation is 1. The van der Waals surface area contributed by atoms with Crippen LogP contribution < -0.4 is 10.5 Å². The maximum Gasteiger partial charge on any atom is 0.321 e. The predicted octanol–water partition coefficient (Wildman–Crippen LogP) is -0.258. The standard InChI is InChI=1S/C7H9N7OS/c1-14-7(9-3-10-14)16-6-12-4(8)11-5(13-6)15-2/h3H,1-2H3,(H2,8,11,12,13). The van der Waals surface area contributed by atoms with Crippen LogP contribution in [0.2, 0.25) is 0 Å². The van der Waals surface area contributed by atoms with Crippen molar-refractivity contribution in [3.05, 3.63) is 6.33 Å². The number of aromatic nitrogens is 6. The number of methoxy groups -OCH3 is 1. The first-order valence-electron chi connectivity index (χ1n) is 4.26. The van der Waals surface area contributed by atoms with Gasteiger partial charge in [0.05, 0.1) is 7.11 Å². The molecule has 0 unspecified atom stereocenters. The van der Waals surface area contributed by atoms with Crippen LogP contribution in [0.15, 0.2) is 16.6 Å². The molecule has 2 rings (SSSR count). The van der Waals surface area contributed by atoms with Crippen molar-refractivity contribution in [2.45, 2.75) is 10.3 Å². The van der Waals surface area contributed by atoms with Crippen LogP contribution in [0.3, 0.4) is 0 Å². The van der Waals surface area contributed by atoms with Gasteiger partial charge in [-0.05, 0) is 11.8 Å². The molecule has 0 aliphatic heterocycles. The fourth-order valence-corrected chi connectivity index (χ4v) is 1.65. The van der Waals surface area contributed by atoms with Crippen molar-refractivity contribution < 1.29 is 4.74 Å². The third kappa shape index (κ3) is 2.19. The molecule has 2 heterocycles. The molecular formula is C7H9N7OS. The normalized spacial score (nSPS) is 10.4. The molecule has 0 fully saturated rings. The highest BCUT2D eigenvalue weighted by Gasteiger charge is 2.09. The van der Waals surface area contributed by atoms with E-state index in [1.54, 1.807) is 11.7 Å². The van der Waals surface area contributed by atoms with Crippen LogP contribution in [0.4, 0.5) is 5.95 Å². The van der Waals surface area contributed by atoms with Gasteiger partial charge in [0.1, 0.15) is 6.33 Å². The summed E-state index contributed by atoms with van der Waals surface area (Å²) >= 11 is 1.23. The first kappa shape index (κ1) is 10.6. The number of ether oxygens (including phenoxy) is 1. The Morgan fingerprint density at radius 3 is 2.81 bits per heavy atom. The van der Waals surface area contributed by atoms with Gasteiger partial charge in [-0.15, -0.1) is 0 Å². The second kappa shape index (κ2) is 4.31. The number of rotatable bonds is 3. The Morgan fingerprint density at radius 1 is 1.38 bits per heavy atom. The van der Waals surface area contributed by atoms with E-state index in [1.807, 2.05) is 0 Å². The summed E-state index contributed by atoms with van der Waals surface area (Å²) in [6.07, 6.45) is 1.45. The van der Waals surface area contributed by atoms with Crippen molar-refractivity contribution in [2.75, 3.05) is 12.8 Å². The Kier molecular flexibility index (Phi) is 2.86. The number of anilines is 1. The van der Waals surface area contributed by atoms with Crippen LogP contribution in [-0.4, -0.2) is 36.8 Å². The molecule has 0 aromatic carbocycles. The molecule has 2 aromatic heterocycles. The molecule has 0 bridgehead atoms. The third-order valence-corrected chi connectivity index (χ3v) is 2.56. The molecule has 16 heavy (non-hydrogen) atoms. The van der Waals surface area contributed by atoms with E-state index >= 15 is 0 Å². The van der Waals surface area contributed by atoms with E-state index < -0.39 is 0 Å². The molecule has 0 radical (unpaired) electrons. The summed E-state index contributed by atoms with van der Waals surface area (Å²) in [6, 6.07) is 0.178. The van der Waals surface area contributed by atoms with Crippen molar-refractivity contribution >= 4 is 17.7 Å². The molecule has 0 saturated heterocycles. The zero-order chi connectivity index (χ0) is 11.5. The van der Waals surface area contributed by atoms with Gasteiger partial charge in [-0.25, -0.2) is 9.67 Å². The summed E-state index contributed by atoms with van der Waals surface area (Å²) in [5.41, 5.74) is 5.50. The number of nitrogens with zero attached hydrogens (tertiary/aromatic N) is 6. The van der Waals surface area contributed by atoms with Crippen LogP contribution in [0, 0.1) is 0 Å². The van der Waals surface area contributed by atoms with Crippen LogP contribution in [0.1, 0.15) is 0 Å². The highest BCUT2D eigenvalue weighted by Crippen LogP contribution is 2.22. The van der Waals surface area contributed by atoms with Gasteiger partial charge in [0.15, 0.2) is 5.16 Å². The quantitative estimate of drug-likeness (QED) is 0.781. The number of hydrogen-bond donors (Lipinski definition) is 1. The number of nitrogens with two attached hydrogens (primary N) is 1. The molecule has 0 aliphatic carbocycles. The zero-order valence-electron chi connectivity index (χ0n) is 8.65. The van der Waals surface area contributed by atoms with Gasteiger partial charge in [-0.1, -0.05) is 0 Å². The molecule has 0 amide bonds. The Hall–Kier alpha value is -1.90. The molecule has 2 N–H and O–H groups in total. The van der Waals surface area contributed by atoms with Crippen LogP contribution in [0.25, 0.3) is 0 Å². The minimum Gasteiger partial charge on any atom is -0.467 e. The van der Waals surface area contributed by atoms with E-state index in [0.29, 0.717) is 10.3 Å². The summed E-state index contributed by atoms with van der Waals surface area (Å²) < 4.78 is 6.49. The summed E-state index contributed by atoms with van der Waals surface area (Å²) in [6.45, 7) is 0. The van der Waals surface area contributed by atoms with Crippen molar-refractivity contribution in [3.63, 3.8) is 0 Å². The molecule has 0 spiro atoms. The average Bonchev–Trinajstić information content (AvgIpc) is 2.63. The Bertz CT molecular complexity index is 499. The van der Waals surface area contributed by atoms with Crippen molar-refractivity contribution in [1.29, 1.82) is 0 Å². The molecule has 2 aromatic rings. The van der Waals surface area contributed by atoms with Gasteiger partial charge in [-0.2, -0.15) is 20.1 Å². The largest absolute Gasteiger partial charge is 0.467 e. The number of nitrogen functional groups attached to an aromatic ring is 1. The molecule has 0 aliphatic rings. The average molecular weight is 239 g/mol. The lowest BCUT2D eigenvalue weighted by atomic mass is 10.9. The van der Waals surface area contributed by atoms with E-state index in [9.17, 15) is 0 Å². The molecule has 0 atom stereocenters. The van der Waals surface area contributed by atoms with E-state index in [0.717, 1.165) is 0 Å². The number of hydrogen-bond acceptors (Lipinski definition) is 8. The van der Waals surface area contributed by atoms with Crippen LogP contribution in [-0.2, 0) is 7.05 Å². The van der Waals surface area contributed by atoms with Gasteiger partial charge >= 0.3 is 6.01 Å². The highest BCUT2D eigenvalue weighted by atomic mass is 32.2. The topological polar surface area (TPSA) is 105 Å². The fraction of sp³-hybridized carbons (Fsp3) is 0.286. The first-order chi connectivity index (χ1) is 7.69. The lowest BCUT2D eigenvalue weighted by Crippen LogP contribution is -2.02. The summed E-state index contributed by atoms with van der Waals surface area (Å²) in [5.74, 6) is 0.108. The maximum absolute atomic E-state index is 5.50. The lowest BCUT2D eigenvalue weighted by molar-refractivity contribution is 0.374. The summed E-state index contributed by atoms with van der Waals surface area (Å²) in [7, 11) is 3.24. The van der Waals surface area contributed by atoms with Crippen molar-refractivity contribution in [1.82, 2.24) is 29.7 Å². The van der Waals surface area contributed by atoms with Crippen molar-refractivity contribution in [2.24, 2.45) is 7.05 Å². The molecule has 9 heteroatoms. The summed E-state index contributed by atoms with van der Waals surface area (Å²) in [5, 5.41) is 5.01. The smallest absolute Gasteiger partial charge is 0.321 e. The second-order valence-electron chi connectivity index (χ2n) is 2.73.